The zero-order chi connectivity index (χ0) is 15.8. The molecular formula is C17H12Cl2N2O. The Balaban J connectivity index is 1.93. The van der Waals surface area contributed by atoms with E-state index in [2.05, 4.69) is 11.2 Å². The van der Waals surface area contributed by atoms with Crippen molar-refractivity contribution < 1.29 is 4.84 Å². The van der Waals surface area contributed by atoms with Gasteiger partial charge < -0.3 is 4.84 Å². The van der Waals surface area contributed by atoms with Crippen LogP contribution in [-0.4, -0.2) is 6.21 Å². The lowest BCUT2D eigenvalue weighted by atomic mass is 10.1. The minimum atomic E-state index is 0.313. The van der Waals surface area contributed by atoms with Crippen molar-refractivity contribution in [2.45, 2.75) is 6.61 Å². The molecule has 5 heteroatoms. The number of hydrogen-bond acceptors (Lipinski definition) is 3. The van der Waals surface area contributed by atoms with Crippen LogP contribution in [0.15, 0.2) is 59.3 Å². The van der Waals surface area contributed by atoms with E-state index in [4.69, 9.17) is 33.3 Å². The van der Waals surface area contributed by atoms with Crippen LogP contribution in [0.4, 0.5) is 0 Å². The molecule has 0 unspecified atom stereocenters. The molecule has 2 aromatic carbocycles. The SMILES string of the molecule is N#CC(C=NOCc1ccc(Cl)cc1)=Cc1ccc(Cl)cc1. The maximum Gasteiger partial charge on any atom is 0.142 e. The molecule has 0 N–H and O–H groups in total. The highest BCUT2D eigenvalue weighted by Crippen LogP contribution is 2.12. The van der Waals surface area contributed by atoms with E-state index in [-0.39, 0.29) is 0 Å². The van der Waals surface area contributed by atoms with Crippen molar-refractivity contribution in [3.8, 4) is 6.07 Å². The average molecular weight is 331 g/mol. The third-order valence-corrected chi connectivity index (χ3v) is 3.24. The molecule has 0 radical (unpaired) electrons. The van der Waals surface area contributed by atoms with Gasteiger partial charge in [0.1, 0.15) is 12.7 Å². The van der Waals surface area contributed by atoms with Crippen LogP contribution in [-0.2, 0) is 11.4 Å². The fourth-order valence-electron chi connectivity index (χ4n) is 1.62. The van der Waals surface area contributed by atoms with Gasteiger partial charge in [-0.3, -0.25) is 0 Å². The van der Waals surface area contributed by atoms with E-state index in [9.17, 15) is 0 Å². The second-order valence-electron chi connectivity index (χ2n) is 4.40. The Labute approximate surface area is 139 Å². The van der Waals surface area contributed by atoms with Crippen molar-refractivity contribution in [1.29, 1.82) is 5.26 Å². The van der Waals surface area contributed by atoms with Gasteiger partial charge in [-0.15, -0.1) is 0 Å². The summed E-state index contributed by atoms with van der Waals surface area (Å²) in [7, 11) is 0. The summed E-state index contributed by atoms with van der Waals surface area (Å²) in [6.07, 6.45) is 3.08. The van der Waals surface area contributed by atoms with E-state index in [0.29, 0.717) is 22.2 Å². The highest BCUT2D eigenvalue weighted by Gasteiger charge is 1.95. The molecule has 0 aliphatic rings. The Bertz CT molecular complexity index is 714. The lowest BCUT2D eigenvalue weighted by molar-refractivity contribution is 0.132. The molecule has 0 aliphatic carbocycles. The number of oxime groups is 1. The van der Waals surface area contributed by atoms with Gasteiger partial charge >= 0.3 is 0 Å². The molecule has 2 aromatic rings. The van der Waals surface area contributed by atoms with Crippen LogP contribution >= 0.6 is 23.2 Å². The molecule has 0 fully saturated rings. The van der Waals surface area contributed by atoms with Gasteiger partial charge in [0.25, 0.3) is 0 Å². The van der Waals surface area contributed by atoms with Crippen molar-refractivity contribution >= 4 is 35.5 Å². The Hall–Kier alpha value is -2.28. The van der Waals surface area contributed by atoms with Gasteiger partial charge in [-0.25, -0.2) is 0 Å². The third-order valence-electron chi connectivity index (χ3n) is 2.73. The molecule has 0 aliphatic heterocycles. The monoisotopic (exact) mass is 330 g/mol. The van der Waals surface area contributed by atoms with Crippen LogP contribution in [0.25, 0.3) is 6.08 Å². The molecule has 110 valence electrons. The maximum atomic E-state index is 9.08. The molecular weight excluding hydrogens is 319 g/mol. The van der Waals surface area contributed by atoms with Crippen molar-refractivity contribution in [3.63, 3.8) is 0 Å². The fraction of sp³-hybridized carbons (Fsp3) is 0.0588. The van der Waals surface area contributed by atoms with Crippen molar-refractivity contribution in [3.05, 3.63) is 75.3 Å². The Kier molecular flexibility index (Phi) is 6.02. The summed E-state index contributed by atoms with van der Waals surface area (Å²) in [4.78, 5) is 5.16. The van der Waals surface area contributed by atoms with Gasteiger partial charge in [0.2, 0.25) is 0 Å². The summed E-state index contributed by atoms with van der Waals surface area (Å²) in [5.74, 6) is 0. The van der Waals surface area contributed by atoms with E-state index >= 15 is 0 Å². The zero-order valence-electron chi connectivity index (χ0n) is 11.5. The smallest absolute Gasteiger partial charge is 0.142 e. The number of hydrogen-bond donors (Lipinski definition) is 0. The highest BCUT2D eigenvalue weighted by atomic mass is 35.5. The van der Waals surface area contributed by atoms with Crippen LogP contribution < -0.4 is 0 Å². The van der Waals surface area contributed by atoms with E-state index in [1.165, 1.54) is 6.21 Å². The summed E-state index contributed by atoms with van der Waals surface area (Å²) < 4.78 is 0. The molecule has 0 aromatic heterocycles. The van der Waals surface area contributed by atoms with Crippen molar-refractivity contribution in [2.75, 3.05) is 0 Å². The van der Waals surface area contributed by atoms with Crippen LogP contribution in [0.1, 0.15) is 11.1 Å². The van der Waals surface area contributed by atoms with E-state index in [0.717, 1.165) is 11.1 Å². The third kappa shape index (κ3) is 5.25. The highest BCUT2D eigenvalue weighted by molar-refractivity contribution is 6.30. The lowest BCUT2D eigenvalue weighted by Gasteiger charge is -1.99. The molecule has 0 amide bonds. The topological polar surface area (TPSA) is 45.4 Å². The number of rotatable bonds is 5. The normalized spacial score (nSPS) is 11.4. The molecule has 0 saturated heterocycles. The molecule has 0 saturated carbocycles. The second kappa shape index (κ2) is 8.23. The number of nitriles is 1. The predicted octanol–water partition coefficient (Wildman–Crippen LogP) is 5.10. The van der Waals surface area contributed by atoms with E-state index in [1.807, 2.05) is 24.3 Å². The minimum Gasteiger partial charge on any atom is -0.391 e. The first-order chi connectivity index (χ1) is 10.7. The van der Waals surface area contributed by atoms with Crippen LogP contribution in [0.3, 0.4) is 0 Å². The van der Waals surface area contributed by atoms with E-state index < -0.39 is 0 Å². The maximum absolute atomic E-state index is 9.08. The van der Waals surface area contributed by atoms with Crippen LogP contribution in [0, 0.1) is 11.3 Å². The average Bonchev–Trinajstić information content (AvgIpc) is 2.54. The zero-order valence-corrected chi connectivity index (χ0v) is 13.1. The van der Waals surface area contributed by atoms with Crippen LogP contribution in [0.5, 0.6) is 0 Å². The molecule has 0 heterocycles. The van der Waals surface area contributed by atoms with E-state index in [1.54, 1.807) is 30.3 Å². The predicted molar refractivity (Wildman–Crippen MR) is 89.8 cm³/mol. The van der Waals surface area contributed by atoms with Gasteiger partial charge in [0.15, 0.2) is 0 Å². The summed E-state index contributed by atoms with van der Waals surface area (Å²) in [5.41, 5.74) is 2.20. The summed E-state index contributed by atoms with van der Waals surface area (Å²) in [5, 5.41) is 14.2. The summed E-state index contributed by atoms with van der Waals surface area (Å²) in [6, 6.07) is 16.5. The Morgan fingerprint density at radius 3 is 2.23 bits per heavy atom. The van der Waals surface area contributed by atoms with Crippen molar-refractivity contribution in [2.24, 2.45) is 5.16 Å². The number of halogens is 2. The number of nitrogens with zero attached hydrogens (tertiary/aromatic N) is 2. The molecule has 3 nitrogen and oxygen atoms in total. The number of benzene rings is 2. The Morgan fingerprint density at radius 1 is 1.05 bits per heavy atom. The largest absolute Gasteiger partial charge is 0.391 e. The summed E-state index contributed by atoms with van der Waals surface area (Å²) in [6.45, 7) is 0.313. The van der Waals surface area contributed by atoms with Gasteiger partial charge in [-0.1, -0.05) is 52.6 Å². The minimum absolute atomic E-state index is 0.313. The first-order valence-corrected chi connectivity index (χ1v) is 7.20. The van der Waals surface area contributed by atoms with Gasteiger partial charge in [0.05, 0.1) is 11.8 Å². The Morgan fingerprint density at radius 2 is 1.64 bits per heavy atom. The van der Waals surface area contributed by atoms with Gasteiger partial charge in [-0.05, 0) is 41.5 Å². The quantitative estimate of drug-likeness (QED) is 0.434. The first-order valence-electron chi connectivity index (χ1n) is 6.44. The summed E-state index contributed by atoms with van der Waals surface area (Å²) >= 11 is 11.6. The van der Waals surface area contributed by atoms with Crippen LogP contribution in [0.2, 0.25) is 10.0 Å². The van der Waals surface area contributed by atoms with Gasteiger partial charge in [-0.2, -0.15) is 5.26 Å². The van der Waals surface area contributed by atoms with Gasteiger partial charge in [0, 0.05) is 10.0 Å². The standard InChI is InChI=1S/C17H12Cl2N2O/c18-16-5-1-13(2-6-16)9-15(10-20)11-21-22-12-14-3-7-17(19)8-4-14/h1-9,11H,12H2. The molecule has 0 bridgehead atoms. The lowest BCUT2D eigenvalue weighted by Crippen LogP contribution is -1.88. The fourth-order valence-corrected chi connectivity index (χ4v) is 1.88. The molecule has 0 atom stereocenters. The first kappa shape index (κ1) is 16.1. The second-order valence-corrected chi connectivity index (χ2v) is 5.27. The molecule has 2 rings (SSSR count). The molecule has 0 spiro atoms. The van der Waals surface area contributed by atoms with Crippen molar-refractivity contribution in [1.82, 2.24) is 0 Å². The molecule has 22 heavy (non-hydrogen) atoms. The number of allylic oxidation sites excluding steroid dienone is 1.